The number of anilines is 1. The number of nitrogens with zero attached hydrogens (tertiary/aromatic N) is 1. The Bertz CT molecular complexity index is 862. The SMILES string of the molecule is CC(C)OCc1ccc(C(=O)N2CC[NH+](CC(=O)Nc3cccc(F)c3)CC2)cc1. The van der Waals surface area contributed by atoms with Gasteiger partial charge in [0.1, 0.15) is 5.82 Å². The van der Waals surface area contributed by atoms with Crippen molar-refractivity contribution < 1.29 is 23.6 Å². The second kappa shape index (κ2) is 10.3. The average molecular weight is 415 g/mol. The molecule has 2 aromatic rings. The van der Waals surface area contributed by atoms with Gasteiger partial charge in [0, 0.05) is 11.3 Å². The lowest BCUT2D eigenvalue weighted by Gasteiger charge is -2.32. The Morgan fingerprint density at radius 2 is 1.83 bits per heavy atom. The number of hydrogen-bond donors (Lipinski definition) is 2. The molecule has 0 atom stereocenters. The Morgan fingerprint density at radius 1 is 1.13 bits per heavy atom. The van der Waals surface area contributed by atoms with Crippen LogP contribution in [0.2, 0.25) is 0 Å². The van der Waals surface area contributed by atoms with Crippen LogP contribution in [0.3, 0.4) is 0 Å². The first-order valence-corrected chi connectivity index (χ1v) is 10.3. The molecule has 1 fully saturated rings. The van der Waals surface area contributed by atoms with E-state index in [1.165, 1.54) is 12.1 Å². The van der Waals surface area contributed by atoms with Crippen LogP contribution < -0.4 is 10.2 Å². The third-order valence-electron chi connectivity index (χ3n) is 5.06. The predicted molar refractivity (Wildman–Crippen MR) is 113 cm³/mol. The van der Waals surface area contributed by atoms with Gasteiger partial charge in [-0.2, -0.15) is 0 Å². The molecule has 0 saturated carbocycles. The molecule has 2 amide bonds. The minimum Gasteiger partial charge on any atom is -0.374 e. The van der Waals surface area contributed by atoms with Crippen molar-refractivity contribution in [3.05, 3.63) is 65.5 Å². The Hall–Kier alpha value is -2.77. The van der Waals surface area contributed by atoms with E-state index < -0.39 is 0 Å². The van der Waals surface area contributed by atoms with E-state index in [9.17, 15) is 14.0 Å². The van der Waals surface area contributed by atoms with Gasteiger partial charge in [-0.3, -0.25) is 9.59 Å². The molecule has 0 radical (unpaired) electrons. The highest BCUT2D eigenvalue weighted by atomic mass is 19.1. The number of carbonyl (C=O) groups is 2. The fourth-order valence-corrected chi connectivity index (χ4v) is 3.39. The second-order valence-electron chi connectivity index (χ2n) is 7.83. The maximum absolute atomic E-state index is 13.2. The van der Waals surface area contributed by atoms with Crippen LogP contribution in [0.15, 0.2) is 48.5 Å². The lowest BCUT2D eigenvalue weighted by atomic mass is 10.1. The molecule has 6 nitrogen and oxygen atoms in total. The third kappa shape index (κ3) is 6.37. The molecule has 2 aromatic carbocycles. The zero-order chi connectivity index (χ0) is 21.5. The summed E-state index contributed by atoms with van der Waals surface area (Å²) in [5, 5.41) is 2.72. The molecule has 0 spiro atoms. The fraction of sp³-hybridized carbons (Fsp3) is 0.391. The van der Waals surface area contributed by atoms with Gasteiger partial charge in [-0.25, -0.2) is 4.39 Å². The number of piperazine rings is 1. The molecule has 30 heavy (non-hydrogen) atoms. The molecule has 1 heterocycles. The molecule has 1 aliphatic heterocycles. The number of rotatable bonds is 7. The highest BCUT2D eigenvalue weighted by molar-refractivity contribution is 5.94. The summed E-state index contributed by atoms with van der Waals surface area (Å²) in [4.78, 5) is 27.9. The maximum Gasteiger partial charge on any atom is 0.279 e. The van der Waals surface area contributed by atoms with Crippen LogP contribution in [-0.2, 0) is 16.1 Å². The van der Waals surface area contributed by atoms with Crippen molar-refractivity contribution in [3.63, 3.8) is 0 Å². The van der Waals surface area contributed by atoms with E-state index in [0.717, 1.165) is 10.5 Å². The minimum atomic E-state index is -0.382. The summed E-state index contributed by atoms with van der Waals surface area (Å²) in [5.41, 5.74) is 2.16. The molecule has 160 valence electrons. The van der Waals surface area contributed by atoms with Crippen molar-refractivity contribution in [3.8, 4) is 0 Å². The molecule has 0 aliphatic carbocycles. The van der Waals surface area contributed by atoms with Gasteiger partial charge in [0.05, 0.1) is 38.9 Å². The summed E-state index contributed by atoms with van der Waals surface area (Å²) in [6.45, 7) is 7.40. The van der Waals surface area contributed by atoms with Crippen LogP contribution in [0, 0.1) is 5.82 Å². The summed E-state index contributed by atoms with van der Waals surface area (Å²) in [6.07, 6.45) is 0.168. The number of benzene rings is 2. The monoisotopic (exact) mass is 414 g/mol. The van der Waals surface area contributed by atoms with Crippen molar-refractivity contribution in [2.75, 3.05) is 38.0 Å². The molecule has 0 unspecified atom stereocenters. The lowest BCUT2D eigenvalue weighted by molar-refractivity contribution is -0.895. The Labute approximate surface area is 176 Å². The summed E-state index contributed by atoms with van der Waals surface area (Å²) in [5.74, 6) is -0.531. The fourth-order valence-electron chi connectivity index (χ4n) is 3.39. The summed E-state index contributed by atoms with van der Waals surface area (Å²) < 4.78 is 18.8. The molecule has 3 rings (SSSR count). The Kier molecular flexibility index (Phi) is 7.54. The summed E-state index contributed by atoms with van der Waals surface area (Å²) in [6, 6.07) is 13.4. The number of ether oxygens (including phenoxy) is 1. The molecule has 1 saturated heterocycles. The quantitative estimate of drug-likeness (QED) is 0.725. The van der Waals surface area contributed by atoms with Crippen molar-refractivity contribution >= 4 is 17.5 Å². The molecule has 2 N–H and O–H groups in total. The van der Waals surface area contributed by atoms with E-state index in [1.807, 2.05) is 43.0 Å². The summed E-state index contributed by atoms with van der Waals surface area (Å²) >= 11 is 0. The zero-order valence-corrected chi connectivity index (χ0v) is 17.5. The van der Waals surface area contributed by atoms with Gasteiger partial charge >= 0.3 is 0 Å². The number of hydrogen-bond acceptors (Lipinski definition) is 3. The van der Waals surface area contributed by atoms with Crippen LogP contribution in [0.4, 0.5) is 10.1 Å². The Balaban J connectivity index is 1.45. The maximum atomic E-state index is 13.2. The van der Waals surface area contributed by atoms with Gasteiger partial charge < -0.3 is 19.9 Å². The predicted octanol–water partition coefficient (Wildman–Crippen LogP) is 1.73. The normalized spacial score (nSPS) is 14.7. The molecule has 1 aliphatic rings. The smallest absolute Gasteiger partial charge is 0.279 e. The molecule has 0 aromatic heterocycles. The number of nitrogens with one attached hydrogen (secondary N) is 2. The first-order valence-electron chi connectivity index (χ1n) is 10.3. The van der Waals surface area contributed by atoms with Crippen LogP contribution in [0.1, 0.15) is 29.8 Å². The zero-order valence-electron chi connectivity index (χ0n) is 17.5. The van der Waals surface area contributed by atoms with Gasteiger partial charge in [-0.1, -0.05) is 18.2 Å². The highest BCUT2D eigenvalue weighted by Gasteiger charge is 2.26. The largest absolute Gasteiger partial charge is 0.374 e. The van der Waals surface area contributed by atoms with Crippen LogP contribution in [0.25, 0.3) is 0 Å². The standard InChI is InChI=1S/C23H28FN3O3/c1-17(2)30-16-18-6-8-19(9-7-18)23(29)27-12-10-26(11-13-27)15-22(28)25-21-5-3-4-20(24)14-21/h3-9,14,17H,10-13,15-16H2,1-2H3,(H,25,28)/p+1. The third-order valence-corrected chi connectivity index (χ3v) is 5.06. The van der Waals surface area contributed by atoms with E-state index in [0.29, 0.717) is 50.6 Å². The molecular formula is C23H29FN3O3+. The van der Waals surface area contributed by atoms with Crippen molar-refractivity contribution in [2.45, 2.75) is 26.6 Å². The van der Waals surface area contributed by atoms with Crippen molar-refractivity contribution in [1.82, 2.24) is 4.90 Å². The average Bonchev–Trinajstić information content (AvgIpc) is 2.72. The highest BCUT2D eigenvalue weighted by Crippen LogP contribution is 2.10. The van der Waals surface area contributed by atoms with E-state index in [-0.39, 0.29) is 23.7 Å². The van der Waals surface area contributed by atoms with Crippen molar-refractivity contribution in [2.24, 2.45) is 0 Å². The number of halogens is 1. The first kappa shape index (κ1) is 21.9. The van der Waals surface area contributed by atoms with Crippen LogP contribution >= 0.6 is 0 Å². The van der Waals surface area contributed by atoms with E-state index >= 15 is 0 Å². The minimum absolute atomic E-state index is 0.00888. The molecular weight excluding hydrogens is 385 g/mol. The number of amides is 2. The van der Waals surface area contributed by atoms with Crippen LogP contribution in [0.5, 0.6) is 0 Å². The van der Waals surface area contributed by atoms with E-state index in [1.54, 1.807) is 12.1 Å². The topological polar surface area (TPSA) is 63.1 Å². The number of carbonyl (C=O) groups excluding carboxylic acids is 2. The lowest BCUT2D eigenvalue weighted by Crippen LogP contribution is -3.15. The van der Waals surface area contributed by atoms with Gasteiger partial charge in [0.2, 0.25) is 0 Å². The second-order valence-corrected chi connectivity index (χ2v) is 7.83. The van der Waals surface area contributed by atoms with Gasteiger partial charge in [0.25, 0.3) is 11.8 Å². The number of quaternary nitrogens is 1. The van der Waals surface area contributed by atoms with Gasteiger partial charge in [-0.15, -0.1) is 0 Å². The van der Waals surface area contributed by atoms with E-state index in [4.69, 9.17) is 4.74 Å². The molecule has 0 bridgehead atoms. The first-order chi connectivity index (χ1) is 14.4. The van der Waals surface area contributed by atoms with E-state index in [2.05, 4.69) is 5.32 Å². The Morgan fingerprint density at radius 3 is 2.47 bits per heavy atom. The summed E-state index contributed by atoms with van der Waals surface area (Å²) in [7, 11) is 0. The van der Waals surface area contributed by atoms with Crippen molar-refractivity contribution in [1.29, 1.82) is 0 Å². The van der Waals surface area contributed by atoms with Crippen LogP contribution in [-0.4, -0.2) is 55.5 Å². The van der Waals surface area contributed by atoms with Gasteiger partial charge in [0.15, 0.2) is 6.54 Å². The molecule has 7 heteroatoms. The van der Waals surface area contributed by atoms with Gasteiger partial charge in [-0.05, 0) is 49.7 Å².